The van der Waals surface area contributed by atoms with Crippen LogP contribution in [0.3, 0.4) is 0 Å². The number of ether oxygens (including phenoxy) is 1. The van der Waals surface area contributed by atoms with Gasteiger partial charge in [-0.15, -0.1) is 10.2 Å². The number of nitrogen functional groups attached to an aromatic ring is 1. The third-order valence-electron chi connectivity index (χ3n) is 4.98. The second-order valence-corrected chi connectivity index (χ2v) is 8.61. The van der Waals surface area contributed by atoms with Crippen LogP contribution in [0.5, 0.6) is 0 Å². The van der Waals surface area contributed by atoms with E-state index in [-0.39, 0.29) is 17.1 Å². The molecule has 2 N–H and O–H groups in total. The van der Waals surface area contributed by atoms with Gasteiger partial charge in [-0.05, 0) is 30.7 Å². The Balaban J connectivity index is 1.91. The monoisotopic (exact) mass is 492 g/mol. The molecule has 3 rings (SSSR count). The maximum atomic E-state index is 13.0. The molecule has 0 aliphatic carbocycles. The van der Waals surface area contributed by atoms with Crippen molar-refractivity contribution in [2.75, 3.05) is 25.2 Å². The van der Waals surface area contributed by atoms with Gasteiger partial charge in [-0.25, -0.2) is 4.79 Å². The molecule has 0 amide bonds. The largest absolute Gasteiger partial charge is 0.384 e. The number of benzene rings is 1. The van der Waals surface area contributed by atoms with Gasteiger partial charge >= 0.3 is 5.69 Å². The SMILES string of the molecule is CCCn1c(N)c(C(=O)CSc2nnc(-c3ccc(Cl)cc3)n2CCOC)c(=O)n(C)c1=O. The first-order valence-electron chi connectivity index (χ1n) is 10.2. The van der Waals surface area contributed by atoms with Gasteiger partial charge in [0.1, 0.15) is 11.4 Å². The van der Waals surface area contributed by atoms with Gasteiger partial charge in [0.25, 0.3) is 5.56 Å². The summed E-state index contributed by atoms with van der Waals surface area (Å²) in [4.78, 5) is 38.0. The molecule has 0 bridgehead atoms. The number of carbonyl (C=O) groups is 1. The summed E-state index contributed by atoms with van der Waals surface area (Å²) in [6.45, 7) is 3.06. The first-order valence-corrected chi connectivity index (χ1v) is 11.6. The molecule has 0 unspecified atom stereocenters. The second kappa shape index (κ2) is 10.8. The zero-order valence-corrected chi connectivity index (χ0v) is 20.1. The third-order valence-corrected chi connectivity index (χ3v) is 6.20. The first kappa shape index (κ1) is 24.7. The highest BCUT2D eigenvalue weighted by Crippen LogP contribution is 2.26. The first-order chi connectivity index (χ1) is 15.8. The normalized spacial score (nSPS) is 11.2. The van der Waals surface area contributed by atoms with Gasteiger partial charge in [0, 0.05) is 31.3 Å². The van der Waals surface area contributed by atoms with Crippen molar-refractivity contribution >= 4 is 35.0 Å². The molecule has 176 valence electrons. The van der Waals surface area contributed by atoms with E-state index in [1.807, 2.05) is 23.6 Å². The molecule has 0 radical (unpaired) electrons. The molecule has 0 spiro atoms. The third kappa shape index (κ3) is 5.21. The quantitative estimate of drug-likeness (QED) is 0.336. The van der Waals surface area contributed by atoms with Crippen LogP contribution < -0.4 is 17.0 Å². The van der Waals surface area contributed by atoms with E-state index in [2.05, 4.69) is 10.2 Å². The Hall–Kier alpha value is -2.89. The lowest BCUT2D eigenvalue weighted by Gasteiger charge is -2.14. The van der Waals surface area contributed by atoms with Crippen molar-refractivity contribution in [3.8, 4) is 11.4 Å². The van der Waals surface area contributed by atoms with Crippen molar-refractivity contribution in [2.45, 2.75) is 31.6 Å². The molecule has 0 atom stereocenters. The average Bonchev–Trinajstić information content (AvgIpc) is 3.21. The molecule has 0 saturated heterocycles. The van der Waals surface area contributed by atoms with E-state index >= 15 is 0 Å². The number of anilines is 1. The lowest BCUT2D eigenvalue weighted by Crippen LogP contribution is -2.42. The van der Waals surface area contributed by atoms with Crippen molar-refractivity contribution in [1.82, 2.24) is 23.9 Å². The number of aromatic nitrogens is 5. The minimum atomic E-state index is -0.710. The fourth-order valence-electron chi connectivity index (χ4n) is 3.28. The number of ketones is 1. The molecular formula is C21H25ClN6O4S. The lowest BCUT2D eigenvalue weighted by atomic mass is 10.2. The Morgan fingerprint density at radius 1 is 1.15 bits per heavy atom. The number of nitrogens with zero attached hydrogens (tertiary/aromatic N) is 5. The molecule has 0 fully saturated rings. The van der Waals surface area contributed by atoms with E-state index in [1.165, 1.54) is 11.6 Å². The van der Waals surface area contributed by atoms with Crippen LogP contribution in [-0.2, 0) is 24.9 Å². The number of rotatable bonds is 10. The van der Waals surface area contributed by atoms with Gasteiger partial charge < -0.3 is 10.5 Å². The van der Waals surface area contributed by atoms with Crippen LogP contribution in [-0.4, -0.2) is 49.2 Å². The highest BCUT2D eigenvalue weighted by atomic mass is 35.5. The number of halogens is 1. The molecule has 2 heterocycles. The summed E-state index contributed by atoms with van der Waals surface area (Å²) < 4.78 is 9.19. The van der Waals surface area contributed by atoms with Crippen LogP contribution in [0.1, 0.15) is 23.7 Å². The Bertz CT molecular complexity index is 1270. The number of hydrogen-bond donors (Lipinski definition) is 1. The van der Waals surface area contributed by atoms with Gasteiger partial charge in [-0.3, -0.25) is 23.3 Å². The van der Waals surface area contributed by atoms with Crippen LogP contribution in [0, 0.1) is 0 Å². The smallest absolute Gasteiger partial charge is 0.332 e. The van der Waals surface area contributed by atoms with Crippen LogP contribution >= 0.6 is 23.4 Å². The van der Waals surface area contributed by atoms with Crippen molar-refractivity contribution in [3.05, 3.63) is 55.7 Å². The minimum absolute atomic E-state index is 0.102. The number of methoxy groups -OCH3 is 1. The molecule has 3 aromatic rings. The number of carbonyl (C=O) groups excluding carboxylic acids is 1. The van der Waals surface area contributed by atoms with Crippen LogP contribution in [0.4, 0.5) is 5.82 Å². The van der Waals surface area contributed by atoms with Gasteiger partial charge in [-0.2, -0.15) is 0 Å². The van der Waals surface area contributed by atoms with Crippen LogP contribution in [0.2, 0.25) is 5.02 Å². The van der Waals surface area contributed by atoms with Crippen molar-refractivity contribution in [3.63, 3.8) is 0 Å². The van der Waals surface area contributed by atoms with E-state index in [4.69, 9.17) is 22.1 Å². The topological polar surface area (TPSA) is 127 Å². The average molecular weight is 493 g/mol. The minimum Gasteiger partial charge on any atom is -0.384 e. The zero-order valence-electron chi connectivity index (χ0n) is 18.6. The van der Waals surface area contributed by atoms with Crippen LogP contribution in [0.15, 0.2) is 39.0 Å². The molecular weight excluding hydrogens is 468 g/mol. The molecule has 2 aromatic heterocycles. The lowest BCUT2D eigenvalue weighted by molar-refractivity contribution is 0.102. The maximum Gasteiger partial charge on any atom is 0.332 e. The fraction of sp³-hybridized carbons (Fsp3) is 0.381. The maximum absolute atomic E-state index is 13.0. The molecule has 12 heteroatoms. The summed E-state index contributed by atoms with van der Waals surface area (Å²) in [6, 6.07) is 7.17. The highest BCUT2D eigenvalue weighted by molar-refractivity contribution is 7.99. The van der Waals surface area contributed by atoms with Gasteiger partial charge in [-0.1, -0.05) is 30.3 Å². The molecule has 1 aromatic carbocycles. The summed E-state index contributed by atoms with van der Waals surface area (Å²) in [6.07, 6.45) is 0.626. The van der Waals surface area contributed by atoms with E-state index < -0.39 is 17.0 Å². The van der Waals surface area contributed by atoms with Crippen molar-refractivity contribution < 1.29 is 9.53 Å². The summed E-state index contributed by atoms with van der Waals surface area (Å²) in [5, 5.41) is 9.58. The molecule has 0 aliphatic rings. The van der Waals surface area contributed by atoms with E-state index in [1.54, 1.807) is 19.2 Å². The van der Waals surface area contributed by atoms with E-state index in [0.29, 0.717) is 42.1 Å². The van der Waals surface area contributed by atoms with Crippen molar-refractivity contribution in [1.29, 1.82) is 0 Å². The molecule has 0 aliphatic heterocycles. The molecule has 33 heavy (non-hydrogen) atoms. The summed E-state index contributed by atoms with van der Waals surface area (Å²) in [5.74, 6) is -0.101. The predicted octanol–water partition coefficient (Wildman–Crippen LogP) is 2.07. The Morgan fingerprint density at radius 2 is 1.85 bits per heavy atom. The number of nitrogens with two attached hydrogens (primary N) is 1. The zero-order chi connectivity index (χ0) is 24.1. The second-order valence-electron chi connectivity index (χ2n) is 7.23. The Labute approximate surface area is 199 Å². The van der Waals surface area contributed by atoms with E-state index in [9.17, 15) is 14.4 Å². The molecule has 10 nitrogen and oxygen atoms in total. The van der Waals surface area contributed by atoms with Gasteiger partial charge in [0.05, 0.1) is 18.9 Å². The number of hydrogen-bond acceptors (Lipinski definition) is 8. The fourth-order valence-corrected chi connectivity index (χ4v) is 4.24. The molecule has 0 saturated carbocycles. The van der Waals surface area contributed by atoms with E-state index in [0.717, 1.165) is 21.9 Å². The Morgan fingerprint density at radius 3 is 2.48 bits per heavy atom. The Kier molecular flexibility index (Phi) is 8.11. The number of Topliss-reactive ketones (excluding diaryl/α,β-unsaturated/α-hetero) is 1. The standard InChI is InChI=1S/C21H25ClN6O4S/c1-4-9-27-17(23)16(19(30)26(2)21(27)31)15(29)12-33-20-25-24-18(28(20)10-11-32-3)13-5-7-14(22)8-6-13/h5-8H,4,9-12,23H2,1-3H3. The highest BCUT2D eigenvalue weighted by Gasteiger charge is 2.23. The van der Waals surface area contributed by atoms with Crippen LogP contribution in [0.25, 0.3) is 11.4 Å². The predicted molar refractivity (Wildman–Crippen MR) is 128 cm³/mol. The number of thioether (sulfide) groups is 1. The summed E-state index contributed by atoms with van der Waals surface area (Å²) >= 11 is 7.12. The summed E-state index contributed by atoms with van der Waals surface area (Å²) in [7, 11) is 2.92. The van der Waals surface area contributed by atoms with Gasteiger partial charge in [0.15, 0.2) is 16.8 Å². The van der Waals surface area contributed by atoms with Crippen molar-refractivity contribution in [2.24, 2.45) is 7.05 Å². The van der Waals surface area contributed by atoms with Gasteiger partial charge in [0.2, 0.25) is 0 Å². The summed E-state index contributed by atoms with van der Waals surface area (Å²) in [5.41, 5.74) is 5.42.